The topological polar surface area (TPSA) is 197 Å². The van der Waals surface area contributed by atoms with Gasteiger partial charge in [-0.3, -0.25) is 14.4 Å². The zero-order valence-corrected chi connectivity index (χ0v) is 18.1. The molecule has 9 N–H and O–H groups in total. The summed E-state index contributed by atoms with van der Waals surface area (Å²) in [6.45, 7) is 0.995. The molecule has 0 aliphatic carbocycles. The second-order valence-corrected chi connectivity index (χ2v) is 7.45. The van der Waals surface area contributed by atoms with Crippen molar-refractivity contribution in [3.8, 4) is 0 Å². The normalized spacial score (nSPS) is 14.5. The summed E-state index contributed by atoms with van der Waals surface area (Å²) in [6, 6.07) is 4.81. The van der Waals surface area contributed by atoms with Crippen molar-refractivity contribution >= 4 is 23.7 Å². The van der Waals surface area contributed by atoms with E-state index >= 15 is 0 Å². The van der Waals surface area contributed by atoms with E-state index in [2.05, 4.69) is 16.0 Å². The van der Waals surface area contributed by atoms with Gasteiger partial charge in [-0.25, -0.2) is 4.79 Å². The number of hydrogen-bond acceptors (Lipinski definition) is 7. The quantitative estimate of drug-likeness (QED) is 0.161. The molecular weight excluding hydrogens is 418 g/mol. The molecule has 0 fully saturated rings. The van der Waals surface area contributed by atoms with Crippen molar-refractivity contribution < 1.29 is 29.4 Å². The van der Waals surface area contributed by atoms with Gasteiger partial charge in [0, 0.05) is 0 Å². The molecule has 178 valence electrons. The largest absolute Gasteiger partial charge is 0.480 e. The number of aliphatic hydroxyl groups excluding tert-OH is 1. The average molecular weight is 452 g/mol. The molecule has 1 rings (SSSR count). The molecule has 1 aromatic carbocycles. The van der Waals surface area contributed by atoms with Gasteiger partial charge >= 0.3 is 5.97 Å². The lowest BCUT2D eigenvalue weighted by molar-refractivity contribution is -0.143. The van der Waals surface area contributed by atoms with Gasteiger partial charge in [0.2, 0.25) is 17.7 Å². The molecule has 0 saturated heterocycles. The molecule has 0 aliphatic rings. The molecule has 11 nitrogen and oxygen atoms in total. The fraction of sp³-hybridized carbons (Fsp3) is 0.524. The van der Waals surface area contributed by atoms with Crippen LogP contribution in [0.3, 0.4) is 0 Å². The molecule has 32 heavy (non-hydrogen) atoms. The first-order valence-corrected chi connectivity index (χ1v) is 10.4. The third-order valence-electron chi connectivity index (χ3n) is 4.76. The van der Waals surface area contributed by atoms with E-state index in [0.717, 1.165) is 5.56 Å². The van der Waals surface area contributed by atoms with Crippen molar-refractivity contribution in [3.63, 3.8) is 0 Å². The number of rotatable bonds is 14. The van der Waals surface area contributed by atoms with Gasteiger partial charge in [0.1, 0.15) is 18.1 Å². The van der Waals surface area contributed by atoms with Crippen molar-refractivity contribution in [1.29, 1.82) is 0 Å². The van der Waals surface area contributed by atoms with Crippen LogP contribution in [0.5, 0.6) is 0 Å². The van der Waals surface area contributed by atoms with E-state index in [9.17, 15) is 19.2 Å². The van der Waals surface area contributed by atoms with Crippen molar-refractivity contribution in [2.24, 2.45) is 11.5 Å². The average Bonchev–Trinajstić information content (AvgIpc) is 2.76. The van der Waals surface area contributed by atoms with Crippen LogP contribution in [-0.2, 0) is 25.6 Å². The second-order valence-electron chi connectivity index (χ2n) is 7.45. The summed E-state index contributed by atoms with van der Waals surface area (Å²) >= 11 is 0. The third kappa shape index (κ3) is 9.41. The highest BCUT2D eigenvalue weighted by Gasteiger charge is 2.28. The van der Waals surface area contributed by atoms with Gasteiger partial charge in [-0.15, -0.1) is 0 Å². The minimum absolute atomic E-state index is 0.287. The Morgan fingerprint density at radius 3 is 2.12 bits per heavy atom. The van der Waals surface area contributed by atoms with Crippen molar-refractivity contribution in [2.75, 3.05) is 13.2 Å². The number of carboxylic acids is 1. The van der Waals surface area contributed by atoms with Crippen LogP contribution in [0.2, 0.25) is 0 Å². The monoisotopic (exact) mass is 451 g/mol. The summed E-state index contributed by atoms with van der Waals surface area (Å²) in [4.78, 5) is 48.4. The fourth-order valence-corrected chi connectivity index (χ4v) is 2.86. The summed E-state index contributed by atoms with van der Waals surface area (Å²) in [7, 11) is 0. The number of unbranched alkanes of at least 4 members (excludes halogenated alkanes) is 1. The number of carbonyl (C=O) groups is 4. The predicted molar refractivity (Wildman–Crippen MR) is 117 cm³/mol. The number of nitrogens with two attached hydrogens (primary N) is 2. The maximum atomic E-state index is 12.7. The number of benzene rings is 1. The zero-order chi connectivity index (χ0) is 24.1. The number of hydrogen-bond donors (Lipinski definition) is 7. The van der Waals surface area contributed by atoms with E-state index in [1.54, 1.807) is 0 Å². The molecule has 0 radical (unpaired) electrons. The maximum absolute atomic E-state index is 12.7. The molecule has 3 amide bonds. The first-order valence-electron chi connectivity index (χ1n) is 10.4. The van der Waals surface area contributed by atoms with E-state index in [0.29, 0.717) is 25.8 Å². The Hall–Kier alpha value is -3.02. The molecule has 4 unspecified atom stereocenters. The van der Waals surface area contributed by atoms with E-state index in [1.165, 1.54) is 6.92 Å². The molecule has 0 aliphatic heterocycles. The molecule has 0 heterocycles. The minimum atomic E-state index is -1.49. The Kier molecular flexibility index (Phi) is 11.9. The second kappa shape index (κ2) is 14.1. The Balaban J connectivity index is 2.74. The molecular formula is C21H33N5O6. The third-order valence-corrected chi connectivity index (χ3v) is 4.76. The van der Waals surface area contributed by atoms with Gasteiger partial charge in [0.05, 0.1) is 12.6 Å². The summed E-state index contributed by atoms with van der Waals surface area (Å²) in [6.07, 6.45) is 1.79. The predicted octanol–water partition coefficient (Wildman–Crippen LogP) is -1.76. The molecule has 0 saturated carbocycles. The van der Waals surface area contributed by atoms with Crippen LogP contribution in [-0.4, -0.2) is 71.2 Å². The van der Waals surface area contributed by atoms with Crippen LogP contribution in [0, 0.1) is 0 Å². The van der Waals surface area contributed by atoms with Crippen molar-refractivity contribution in [3.05, 3.63) is 35.9 Å². The van der Waals surface area contributed by atoms with Crippen molar-refractivity contribution in [2.45, 2.75) is 56.8 Å². The number of aliphatic carboxylic acids is 1. The van der Waals surface area contributed by atoms with E-state index in [1.807, 2.05) is 30.3 Å². The minimum Gasteiger partial charge on any atom is -0.480 e. The Bertz CT molecular complexity index is 760. The Labute approximate surface area is 186 Å². The maximum Gasteiger partial charge on any atom is 0.328 e. The highest BCUT2D eigenvalue weighted by Crippen LogP contribution is 2.05. The number of carbonyl (C=O) groups excluding carboxylic acids is 3. The first kappa shape index (κ1) is 27.0. The first-order chi connectivity index (χ1) is 15.2. The molecule has 0 aromatic heterocycles. The number of carboxylic acid groups (broad SMARTS) is 1. The number of amides is 3. The standard InChI is InChI=1S/C21H33N5O6/c1-13(18(28)26-17(12-27)21(31)32)24-20(30)16(9-5-6-10-22)25-19(29)15(23)11-14-7-3-2-4-8-14/h2-4,7-8,13,15-17,27H,5-6,9-12,22-23H2,1H3,(H,24,30)(H,25,29)(H,26,28)(H,31,32). The SMILES string of the molecule is CC(NC(=O)C(CCCCN)NC(=O)C(N)Cc1ccccc1)C(=O)NC(CO)C(=O)O. The smallest absolute Gasteiger partial charge is 0.328 e. The summed E-state index contributed by atoms with van der Waals surface area (Å²) < 4.78 is 0. The van der Waals surface area contributed by atoms with Gasteiger partial charge in [-0.1, -0.05) is 30.3 Å². The van der Waals surface area contributed by atoms with Gasteiger partial charge in [-0.2, -0.15) is 0 Å². The lowest BCUT2D eigenvalue weighted by Gasteiger charge is -2.23. The van der Waals surface area contributed by atoms with Crippen LogP contribution < -0.4 is 27.4 Å². The van der Waals surface area contributed by atoms with Crippen LogP contribution in [0.4, 0.5) is 0 Å². The molecule has 11 heteroatoms. The van der Waals surface area contributed by atoms with E-state index < -0.39 is 54.5 Å². The van der Waals surface area contributed by atoms with Crippen LogP contribution >= 0.6 is 0 Å². The lowest BCUT2D eigenvalue weighted by Crippen LogP contribution is -2.56. The highest BCUT2D eigenvalue weighted by atomic mass is 16.4. The van der Waals surface area contributed by atoms with Crippen LogP contribution in [0.15, 0.2) is 30.3 Å². The molecule has 0 bridgehead atoms. The van der Waals surface area contributed by atoms with E-state index in [-0.39, 0.29) is 6.42 Å². The van der Waals surface area contributed by atoms with Gasteiger partial charge in [0.25, 0.3) is 0 Å². The van der Waals surface area contributed by atoms with E-state index in [4.69, 9.17) is 21.7 Å². The molecule has 4 atom stereocenters. The van der Waals surface area contributed by atoms with Crippen LogP contribution in [0.1, 0.15) is 31.7 Å². The summed E-state index contributed by atoms with van der Waals surface area (Å²) in [5.41, 5.74) is 12.4. The number of nitrogens with one attached hydrogen (secondary N) is 3. The van der Waals surface area contributed by atoms with Crippen molar-refractivity contribution in [1.82, 2.24) is 16.0 Å². The Morgan fingerprint density at radius 1 is 0.938 bits per heavy atom. The van der Waals surface area contributed by atoms with Gasteiger partial charge in [-0.05, 0) is 44.7 Å². The lowest BCUT2D eigenvalue weighted by atomic mass is 10.0. The summed E-state index contributed by atoms with van der Waals surface area (Å²) in [5, 5.41) is 25.1. The summed E-state index contributed by atoms with van der Waals surface area (Å²) in [5.74, 6) is -3.31. The fourth-order valence-electron chi connectivity index (χ4n) is 2.86. The molecule has 1 aromatic rings. The van der Waals surface area contributed by atoms with Crippen LogP contribution in [0.25, 0.3) is 0 Å². The highest BCUT2D eigenvalue weighted by molar-refractivity contribution is 5.93. The number of aliphatic hydroxyl groups is 1. The molecule has 0 spiro atoms. The van der Waals surface area contributed by atoms with Gasteiger partial charge in [0.15, 0.2) is 0 Å². The van der Waals surface area contributed by atoms with Gasteiger partial charge < -0.3 is 37.6 Å². The zero-order valence-electron chi connectivity index (χ0n) is 18.1. The Morgan fingerprint density at radius 2 is 1.56 bits per heavy atom.